The second-order valence-electron chi connectivity index (χ2n) is 5.99. The average molecular weight is 385 g/mol. The molecule has 4 nitrogen and oxygen atoms in total. The molecule has 5 heteroatoms. The maximum atomic E-state index is 12.3. The third-order valence-electron chi connectivity index (χ3n) is 4.26. The smallest absolute Gasteiger partial charge is 0.302 e. The maximum absolute atomic E-state index is 12.3. The van der Waals surface area contributed by atoms with E-state index in [1.165, 1.54) is 4.90 Å². The van der Waals surface area contributed by atoms with E-state index in [0.717, 1.165) is 36.6 Å². The summed E-state index contributed by atoms with van der Waals surface area (Å²) in [6, 6.07) is 14.5. The van der Waals surface area contributed by atoms with Crippen molar-refractivity contribution in [1.29, 1.82) is 0 Å². The van der Waals surface area contributed by atoms with E-state index in [4.69, 9.17) is 16.3 Å². The number of hydrogen-bond acceptors (Lipinski definition) is 3. The van der Waals surface area contributed by atoms with E-state index in [1.807, 2.05) is 24.3 Å². The van der Waals surface area contributed by atoms with Gasteiger partial charge < -0.3 is 14.5 Å². The molecule has 0 bridgehead atoms. The van der Waals surface area contributed by atoms with Gasteiger partial charge in [0.15, 0.2) is 0 Å². The van der Waals surface area contributed by atoms with Gasteiger partial charge in [-0.25, -0.2) is 0 Å². The molecule has 0 unspecified atom stereocenters. The molecule has 142 valence electrons. The van der Waals surface area contributed by atoms with Crippen LogP contribution in [0.5, 0.6) is 5.75 Å². The van der Waals surface area contributed by atoms with Gasteiger partial charge in [0.25, 0.3) is 0 Å². The summed E-state index contributed by atoms with van der Waals surface area (Å²) >= 11 is 5.84. The third kappa shape index (κ3) is 6.63. The van der Waals surface area contributed by atoms with Crippen molar-refractivity contribution >= 4 is 23.2 Å². The number of anilines is 1. The van der Waals surface area contributed by atoms with Gasteiger partial charge in [-0.1, -0.05) is 31.4 Å². The summed E-state index contributed by atoms with van der Waals surface area (Å²) in [7, 11) is 1.70. The summed E-state index contributed by atoms with van der Waals surface area (Å²) in [5.74, 6) is 6.02. The molecule has 2 aromatic carbocycles. The fourth-order valence-electron chi connectivity index (χ4n) is 2.46. The van der Waals surface area contributed by atoms with Crippen LogP contribution in [0, 0.1) is 11.8 Å². The van der Waals surface area contributed by atoms with Crippen molar-refractivity contribution < 1.29 is 9.53 Å². The summed E-state index contributed by atoms with van der Waals surface area (Å²) in [5.41, 5.74) is 1.51. The molecule has 0 aliphatic carbocycles. The molecule has 1 amide bonds. The van der Waals surface area contributed by atoms with Crippen LogP contribution in [-0.4, -0.2) is 44.1 Å². The number of benzene rings is 2. The quantitative estimate of drug-likeness (QED) is 0.674. The zero-order valence-electron chi connectivity index (χ0n) is 16.0. The summed E-state index contributed by atoms with van der Waals surface area (Å²) < 4.78 is 5.77. The number of carbonyl (C=O) groups is 1. The van der Waals surface area contributed by atoms with Crippen LogP contribution in [0.2, 0.25) is 5.02 Å². The van der Waals surface area contributed by atoms with Gasteiger partial charge in [-0.05, 0) is 61.6 Å². The van der Waals surface area contributed by atoms with Gasteiger partial charge in [0.1, 0.15) is 12.4 Å². The number of likely N-dealkylation sites (N-methyl/N-ethyl adjacent to an activating group) is 1. The fourth-order valence-corrected chi connectivity index (χ4v) is 2.58. The van der Waals surface area contributed by atoms with Crippen LogP contribution < -0.4 is 9.64 Å². The lowest BCUT2D eigenvalue weighted by atomic mass is 10.2. The predicted octanol–water partition coefficient (Wildman–Crippen LogP) is 4.08. The maximum Gasteiger partial charge on any atom is 0.302 e. The van der Waals surface area contributed by atoms with Crippen molar-refractivity contribution in [2.45, 2.75) is 13.8 Å². The van der Waals surface area contributed by atoms with Gasteiger partial charge in [-0.3, -0.25) is 4.79 Å². The number of ether oxygens (including phenoxy) is 1. The highest BCUT2D eigenvalue weighted by molar-refractivity contribution is 6.30. The predicted molar refractivity (Wildman–Crippen MR) is 111 cm³/mol. The molecule has 0 N–H and O–H groups in total. The zero-order valence-corrected chi connectivity index (χ0v) is 16.8. The monoisotopic (exact) mass is 384 g/mol. The van der Waals surface area contributed by atoms with Crippen molar-refractivity contribution in [3.05, 3.63) is 59.1 Å². The van der Waals surface area contributed by atoms with Crippen LogP contribution in [-0.2, 0) is 4.79 Å². The van der Waals surface area contributed by atoms with E-state index in [2.05, 4.69) is 30.6 Å². The van der Waals surface area contributed by atoms with Crippen molar-refractivity contribution in [1.82, 2.24) is 4.90 Å². The van der Waals surface area contributed by atoms with Gasteiger partial charge >= 0.3 is 5.91 Å². The Balaban J connectivity index is 1.91. The molecule has 0 aliphatic heterocycles. The van der Waals surface area contributed by atoms with Crippen molar-refractivity contribution in [2.24, 2.45) is 0 Å². The molecule has 0 radical (unpaired) electrons. The first-order chi connectivity index (χ1) is 13.0. The molecular weight excluding hydrogens is 360 g/mol. The van der Waals surface area contributed by atoms with Crippen molar-refractivity contribution in [3.63, 3.8) is 0 Å². The van der Waals surface area contributed by atoms with E-state index in [9.17, 15) is 4.79 Å². The number of nitrogens with zero attached hydrogens (tertiary/aromatic N) is 2. The van der Waals surface area contributed by atoms with E-state index in [-0.39, 0.29) is 5.91 Å². The molecular formula is C22H25ClN2O2. The van der Waals surface area contributed by atoms with Crippen LogP contribution in [0.4, 0.5) is 5.69 Å². The van der Waals surface area contributed by atoms with Crippen LogP contribution in [0.15, 0.2) is 48.5 Å². The Kier molecular flexibility index (Phi) is 8.19. The SMILES string of the molecule is CCN(CC)CCOc1ccc(N(C)C(=O)C#Cc2ccc(Cl)cc2)cc1. The number of amides is 1. The average Bonchev–Trinajstić information content (AvgIpc) is 2.70. The molecule has 0 aromatic heterocycles. The lowest BCUT2D eigenvalue weighted by Gasteiger charge is -2.18. The number of halogens is 1. The molecule has 2 aromatic rings. The normalized spacial score (nSPS) is 10.3. The Bertz CT molecular complexity index is 788. The molecule has 0 saturated heterocycles. The number of carbonyl (C=O) groups excluding carboxylic acids is 1. The molecule has 27 heavy (non-hydrogen) atoms. The van der Waals surface area contributed by atoms with E-state index in [0.29, 0.717) is 11.6 Å². The van der Waals surface area contributed by atoms with Gasteiger partial charge in [0.2, 0.25) is 0 Å². The van der Waals surface area contributed by atoms with E-state index >= 15 is 0 Å². The Labute approximate surface area is 166 Å². The van der Waals surface area contributed by atoms with Crippen LogP contribution in [0.25, 0.3) is 0 Å². The number of rotatable bonds is 7. The highest BCUT2D eigenvalue weighted by Crippen LogP contribution is 2.18. The van der Waals surface area contributed by atoms with Gasteiger partial charge in [-0.15, -0.1) is 0 Å². The summed E-state index contributed by atoms with van der Waals surface area (Å²) in [4.78, 5) is 16.1. The molecule has 0 saturated carbocycles. The summed E-state index contributed by atoms with van der Waals surface area (Å²) in [6.45, 7) is 7.85. The van der Waals surface area contributed by atoms with Crippen molar-refractivity contribution in [2.75, 3.05) is 38.2 Å². The minimum absolute atomic E-state index is 0.278. The standard InChI is InChI=1S/C22H25ClN2O2/c1-4-25(5-2)16-17-27-21-13-11-20(12-14-21)24(3)22(26)15-8-18-6-9-19(23)10-7-18/h6-7,9-14H,4-5,16-17H2,1-3H3. The molecule has 0 heterocycles. The largest absolute Gasteiger partial charge is 0.492 e. The Morgan fingerprint density at radius 3 is 2.26 bits per heavy atom. The van der Waals surface area contributed by atoms with E-state index < -0.39 is 0 Å². The molecule has 0 atom stereocenters. The van der Waals surface area contributed by atoms with Gasteiger partial charge in [-0.2, -0.15) is 0 Å². The second kappa shape index (κ2) is 10.6. The van der Waals surface area contributed by atoms with Crippen molar-refractivity contribution in [3.8, 4) is 17.6 Å². The second-order valence-corrected chi connectivity index (χ2v) is 6.43. The van der Waals surface area contributed by atoms with Gasteiger partial charge in [0, 0.05) is 35.8 Å². The molecule has 0 fully saturated rings. The highest BCUT2D eigenvalue weighted by atomic mass is 35.5. The third-order valence-corrected chi connectivity index (χ3v) is 4.51. The van der Waals surface area contributed by atoms with Gasteiger partial charge in [0.05, 0.1) is 0 Å². The minimum atomic E-state index is -0.278. The lowest BCUT2D eigenvalue weighted by molar-refractivity contribution is -0.113. The van der Waals surface area contributed by atoms with Crippen LogP contribution in [0.1, 0.15) is 19.4 Å². The summed E-state index contributed by atoms with van der Waals surface area (Å²) in [5, 5.41) is 0.642. The van der Waals surface area contributed by atoms with Crippen LogP contribution >= 0.6 is 11.6 Å². The molecule has 0 aliphatic rings. The minimum Gasteiger partial charge on any atom is -0.492 e. The first-order valence-electron chi connectivity index (χ1n) is 9.04. The number of hydrogen-bond donors (Lipinski definition) is 0. The first kappa shape index (κ1) is 20.8. The first-order valence-corrected chi connectivity index (χ1v) is 9.41. The Hall–Kier alpha value is -2.48. The molecule has 0 spiro atoms. The Morgan fingerprint density at radius 1 is 1.04 bits per heavy atom. The van der Waals surface area contributed by atoms with Crippen LogP contribution in [0.3, 0.4) is 0 Å². The fraction of sp³-hybridized carbons (Fsp3) is 0.318. The Morgan fingerprint density at radius 2 is 1.67 bits per heavy atom. The molecule has 2 rings (SSSR count). The highest BCUT2D eigenvalue weighted by Gasteiger charge is 2.08. The topological polar surface area (TPSA) is 32.8 Å². The van der Waals surface area contributed by atoms with E-state index in [1.54, 1.807) is 31.3 Å². The lowest BCUT2D eigenvalue weighted by Crippen LogP contribution is -2.27. The summed E-state index contributed by atoms with van der Waals surface area (Å²) in [6.07, 6.45) is 0. The zero-order chi connectivity index (χ0) is 19.6.